The van der Waals surface area contributed by atoms with Crippen LogP contribution in [0.2, 0.25) is 0 Å². The smallest absolute Gasteiger partial charge is 0.254 e. The zero-order chi connectivity index (χ0) is 13.1. The Morgan fingerprint density at radius 1 is 1.56 bits per heavy atom. The number of aromatic nitrogens is 1. The number of nitrogens with zero attached hydrogens (tertiary/aromatic N) is 2. The molecule has 1 aromatic rings. The molecule has 98 valence electrons. The molecule has 1 aliphatic carbocycles. The molecule has 0 aromatic carbocycles. The van der Waals surface area contributed by atoms with Gasteiger partial charge in [-0.1, -0.05) is 15.9 Å². The topological polar surface area (TPSA) is 42.3 Å². The molecule has 1 amide bonds. The molecule has 18 heavy (non-hydrogen) atoms. The normalized spacial score (nSPS) is 15.2. The van der Waals surface area contributed by atoms with Gasteiger partial charge in [-0.2, -0.15) is 0 Å². The van der Waals surface area contributed by atoms with Crippen LogP contribution < -0.4 is 5.56 Å². The summed E-state index contributed by atoms with van der Waals surface area (Å²) in [5.41, 5.74) is 0.346. The third-order valence-corrected chi connectivity index (χ3v) is 3.81. The molecule has 1 fully saturated rings. The molecule has 4 nitrogen and oxygen atoms in total. The van der Waals surface area contributed by atoms with Gasteiger partial charge in [0.05, 0.1) is 0 Å². The van der Waals surface area contributed by atoms with E-state index in [0.29, 0.717) is 18.2 Å². The number of alkyl halides is 1. The predicted octanol–water partition coefficient (Wildman–Crippen LogP) is 1.77. The van der Waals surface area contributed by atoms with E-state index >= 15 is 0 Å². The Morgan fingerprint density at radius 2 is 2.28 bits per heavy atom. The summed E-state index contributed by atoms with van der Waals surface area (Å²) >= 11 is 3.38. The molecule has 0 spiro atoms. The second-order valence-corrected chi connectivity index (χ2v) is 5.43. The van der Waals surface area contributed by atoms with Crippen LogP contribution in [0.4, 0.5) is 0 Å². The number of amides is 1. The first-order valence-electron chi connectivity index (χ1n) is 6.17. The monoisotopic (exact) mass is 312 g/mol. The van der Waals surface area contributed by atoms with Gasteiger partial charge in [0.25, 0.3) is 11.5 Å². The van der Waals surface area contributed by atoms with E-state index in [1.165, 1.54) is 17.1 Å². The van der Waals surface area contributed by atoms with Gasteiger partial charge in [0.1, 0.15) is 0 Å². The maximum atomic E-state index is 12.4. The van der Waals surface area contributed by atoms with Gasteiger partial charge in [0.2, 0.25) is 0 Å². The van der Waals surface area contributed by atoms with Gasteiger partial charge < -0.3 is 9.47 Å². The van der Waals surface area contributed by atoms with Crippen LogP contribution in [0, 0.1) is 0 Å². The first kappa shape index (κ1) is 13.3. The molecular weight excluding hydrogens is 296 g/mol. The molecule has 0 N–H and O–H groups in total. The lowest BCUT2D eigenvalue weighted by Crippen LogP contribution is -2.45. The number of hydrogen-bond donors (Lipinski definition) is 0. The minimum Gasteiger partial charge on any atom is -0.335 e. The highest BCUT2D eigenvalue weighted by atomic mass is 79.9. The highest BCUT2D eigenvalue weighted by molar-refractivity contribution is 9.09. The Balaban J connectivity index is 2.21. The standard InChI is InChI=1S/C13H17BrN2O2/c1-15-7-5-10(9-12(15)17)13(18)16(8-6-14)11-3-2-4-11/h5,7,9,11H,2-4,6,8H2,1H3. The van der Waals surface area contributed by atoms with Crippen molar-refractivity contribution in [3.63, 3.8) is 0 Å². The minimum atomic E-state index is -0.145. The lowest BCUT2D eigenvalue weighted by molar-refractivity contribution is 0.0599. The molecule has 0 saturated heterocycles. The summed E-state index contributed by atoms with van der Waals surface area (Å²) in [4.78, 5) is 25.8. The number of aryl methyl sites for hydroxylation is 1. The van der Waals surface area contributed by atoms with E-state index in [1.807, 2.05) is 4.90 Å². The molecule has 0 radical (unpaired) electrons. The van der Waals surface area contributed by atoms with Crippen LogP contribution in [0.25, 0.3) is 0 Å². The van der Waals surface area contributed by atoms with Gasteiger partial charge in [-0.3, -0.25) is 9.59 Å². The van der Waals surface area contributed by atoms with Crippen molar-refractivity contribution < 1.29 is 4.79 Å². The van der Waals surface area contributed by atoms with Crippen LogP contribution in [0.3, 0.4) is 0 Å². The number of pyridine rings is 1. The predicted molar refractivity (Wildman–Crippen MR) is 74.2 cm³/mol. The average Bonchev–Trinajstić information content (AvgIpc) is 2.29. The van der Waals surface area contributed by atoms with Crippen molar-refractivity contribution in [2.45, 2.75) is 25.3 Å². The second kappa shape index (κ2) is 5.69. The quantitative estimate of drug-likeness (QED) is 0.795. The Kier molecular flexibility index (Phi) is 4.22. The van der Waals surface area contributed by atoms with Crippen molar-refractivity contribution in [2.24, 2.45) is 7.05 Å². The second-order valence-electron chi connectivity index (χ2n) is 4.64. The van der Waals surface area contributed by atoms with Gasteiger partial charge in [-0.05, 0) is 25.3 Å². The van der Waals surface area contributed by atoms with Crippen molar-refractivity contribution in [2.75, 3.05) is 11.9 Å². The van der Waals surface area contributed by atoms with Crippen molar-refractivity contribution in [1.82, 2.24) is 9.47 Å². The minimum absolute atomic E-state index is 0.0307. The molecule has 0 bridgehead atoms. The van der Waals surface area contributed by atoms with Crippen LogP contribution in [0.15, 0.2) is 23.1 Å². The lowest BCUT2D eigenvalue weighted by Gasteiger charge is -2.37. The lowest BCUT2D eigenvalue weighted by atomic mass is 9.91. The Bertz CT molecular complexity index is 494. The van der Waals surface area contributed by atoms with Crippen molar-refractivity contribution in [3.8, 4) is 0 Å². The van der Waals surface area contributed by atoms with Crippen molar-refractivity contribution in [3.05, 3.63) is 34.2 Å². The summed E-state index contributed by atoms with van der Waals surface area (Å²) in [7, 11) is 1.68. The zero-order valence-electron chi connectivity index (χ0n) is 10.4. The number of rotatable bonds is 4. The fourth-order valence-electron chi connectivity index (χ4n) is 2.09. The Hall–Kier alpha value is -1.10. The van der Waals surface area contributed by atoms with Crippen LogP contribution in [0.1, 0.15) is 29.6 Å². The van der Waals surface area contributed by atoms with Crippen LogP contribution >= 0.6 is 15.9 Å². The van der Waals surface area contributed by atoms with Crippen LogP contribution in [0.5, 0.6) is 0 Å². The molecule has 0 atom stereocenters. The Morgan fingerprint density at radius 3 is 2.78 bits per heavy atom. The van der Waals surface area contributed by atoms with E-state index in [2.05, 4.69) is 15.9 Å². The largest absolute Gasteiger partial charge is 0.335 e. The van der Waals surface area contributed by atoms with E-state index in [9.17, 15) is 9.59 Å². The summed E-state index contributed by atoms with van der Waals surface area (Å²) in [6, 6.07) is 3.48. The molecule has 0 unspecified atom stereocenters. The van der Waals surface area contributed by atoms with Gasteiger partial charge in [-0.15, -0.1) is 0 Å². The summed E-state index contributed by atoms with van der Waals surface area (Å²) in [5, 5.41) is 0.764. The summed E-state index contributed by atoms with van der Waals surface area (Å²) in [6.07, 6.45) is 4.98. The van der Waals surface area contributed by atoms with Crippen LogP contribution in [-0.2, 0) is 7.05 Å². The summed E-state index contributed by atoms with van der Waals surface area (Å²) in [6.45, 7) is 0.693. The number of carbonyl (C=O) groups is 1. The van der Waals surface area contributed by atoms with Gasteiger partial charge in [0, 0.05) is 42.8 Å². The van der Waals surface area contributed by atoms with E-state index in [1.54, 1.807) is 19.3 Å². The van der Waals surface area contributed by atoms with Gasteiger partial charge in [-0.25, -0.2) is 0 Å². The third kappa shape index (κ3) is 2.66. The van der Waals surface area contributed by atoms with E-state index < -0.39 is 0 Å². The number of hydrogen-bond acceptors (Lipinski definition) is 2. The highest BCUT2D eigenvalue weighted by Crippen LogP contribution is 2.26. The van der Waals surface area contributed by atoms with Crippen molar-refractivity contribution >= 4 is 21.8 Å². The number of carbonyl (C=O) groups excluding carboxylic acids is 1. The fraction of sp³-hybridized carbons (Fsp3) is 0.538. The SMILES string of the molecule is Cn1ccc(C(=O)N(CCBr)C2CCC2)cc1=O. The molecule has 0 aliphatic heterocycles. The third-order valence-electron chi connectivity index (χ3n) is 3.45. The molecule has 1 aromatic heterocycles. The Labute approximate surface area is 115 Å². The molecular formula is C13H17BrN2O2. The van der Waals surface area contributed by atoms with E-state index in [-0.39, 0.29) is 11.5 Å². The van der Waals surface area contributed by atoms with E-state index in [0.717, 1.165) is 18.2 Å². The van der Waals surface area contributed by atoms with Crippen molar-refractivity contribution in [1.29, 1.82) is 0 Å². The maximum Gasteiger partial charge on any atom is 0.254 e. The average molecular weight is 313 g/mol. The van der Waals surface area contributed by atoms with E-state index in [4.69, 9.17) is 0 Å². The molecule has 1 aliphatic rings. The van der Waals surface area contributed by atoms with Crippen LogP contribution in [-0.4, -0.2) is 33.3 Å². The fourth-order valence-corrected chi connectivity index (χ4v) is 2.47. The molecule has 5 heteroatoms. The maximum absolute atomic E-state index is 12.4. The van der Waals surface area contributed by atoms with Gasteiger partial charge in [0.15, 0.2) is 0 Å². The first-order chi connectivity index (χ1) is 8.63. The van der Waals surface area contributed by atoms with Gasteiger partial charge >= 0.3 is 0 Å². The highest BCUT2D eigenvalue weighted by Gasteiger charge is 2.28. The number of halogens is 1. The first-order valence-corrected chi connectivity index (χ1v) is 7.29. The molecule has 1 saturated carbocycles. The molecule has 2 rings (SSSR count). The molecule has 1 heterocycles. The zero-order valence-corrected chi connectivity index (χ0v) is 12.0. The summed E-state index contributed by atoms with van der Waals surface area (Å²) in [5.74, 6) is -0.0307. The summed E-state index contributed by atoms with van der Waals surface area (Å²) < 4.78 is 1.47.